The molecule has 1 aromatic carbocycles. The van der Waals surface area contributed by atoms with Crippen LogP contribution in [-0.2, 0) is 0 Å². The Hall–Kier alpha value is -3.47. The number of hydrogen-bond acceptors (Lipinski definition) is 5. The first-order valence-corrected chi connectivity index (χ1v) is 9.75. The molecule has 2 heterocycles. The van der Waals surface area contributed by atoms with Gasteiger partial charge in [-0.3, -0.25) is 9.59 Å². The molecule has 1 unspecified atom stereocenters. The highest BCUT2D eigenvalue weighted by Crippen LogP contribution is 2.24. The Labute approximate surface area is 175 Å². The zero-order chi connectivity index (χ0) is 21.8. The number of aromatic nitrogens is 1. The fraction of sp³-hybridized carbons (Fsp3) is 0.364. The Kier molecular flexibility index (Phi) is 6.31. The van der Waals surface area contributed by atoms with E-state index in [1.807, 2.05) is 11.0 Å². The van der Waals surface area contributed by atoms with Gasteiger partial charge in [-0.15, -0.1) is 0 Å². The summed E-state index contributed by atoms with van der Waals surface area (Å²) >= 11 is 0. The van der Waals surface area contributed by atoms with Gasteiger partial charge >= 0.3 is 0 Å². The molecule has 2 amide bonds. The highest BCUT2D eigenvalue weighted by atomic mass is 19.1. The normalized spacial score (nSPS) is 16.0. The highest BCUT2D eigenvalue weighted by Gasteiger charge is 2.25. The lowest BCUT2D eigenvalue weighted by molar-refractivity contribution is 0.0820. The van der Waals surface area contributed by atoms with Crippen LogP contribution in [0.15, 0.2) is 30.3 Å². The summed E-state index contributed by atoms with van der Waals surface area (Å²) in [4.78, 5) is 32.4. The Morgan fingerprint density at radius 3 is 2.70 bits per heavy atom. The van der Waals surface area contributed by atoms with Crippen LogP contribution in [0.1, 0.15) is 44.9 Å². The summed E-state index contributed by atoms with van der Waals surface area (Å²) in [6.07, 6.45) is 1.59. The minimum absolute atomic E-state index is 0.149. The van der Waals surface area contributed by atoms with Crippen molar-refractivity contribution in [3.63, 3.8) is 0 Å². The van der Waals surface area contributed by atoms with E-state index in [1.165, 1.54) is 11.0 Å². The van der Waals surface area contributed by atoms with E-state index in [2.05, 4.69) is 10.3 Å². The van der Waals surface area contributed by atoms with Gasteiger partial charge in [0.25, 0.3) is 11.8 Å². The molecule has 1 fully saturated rings. The number of pyridine rings is 1. The molecule has 1 aliphatic heterocycles. The molecule has 0 aliphatic carbocycles. The fourth-order valence-corrected chi connectivity index (χ4v) is 3.56. The largest absolute Gasteiger partial charge is 0.367 e. The zero-order valence-corrected chi connectivity index (χ0v) is 17.3. The van der Waals surface area contributed by atoms with Crippen molar-refractivity contribution < 1.29 is 14.0 Å². The lowest BCUT2D eigenvalue weighted by atomic mass is 10.0. The number of carbonyl (C=O) groups is 2. The van der Waals surface area contributed by atoms with Crippen LogP contribution in [0.4, 0.5) is 10.1 Å². The summed E-state index contributed by atoms with van der Waals surface area (Å²) in [6, 6.07) is 9.35. The van der Waals surface area contributed by atoms with E-state index in [1.54, 1.807) is 45.3 Å². The van der Waals surface area contributed by atoms with E-state index in [9.17, 15) is 14.0 Å². The van der Waals surface area contributed by atoms with E-state index in [0.717, 1.165) is 12.8 Å². The summed E-state index contributed by atoms with van der Waals surface area (Å²) in [5.74, 6) is -0.935. The topological polar surface area (TPSA) is 89.3 Å². The van der Waals surface area contributed by atoms with Crippen molar-refractivity contribution in [2.24, 2.45) is 0 Å². The molecule has 30 heavy (non-hydrogen) atoms. The number of nitrogens with zero attached hydrogens (tertiary/aromatic N) is 4. The van der Waals surface area contributed by atoms with Gasteiger partial charge in [0.15, 0.2) is 0 Å². The number of carbonyl (C=O) groups excluding carboxylic acids is 2. The van der Waals surface area contributed by atoms with Crippen molar-refractivity contribution in [2.75, 3.05) is 32.1 Å². The number of rotatable bonds is 4. The molecule has 8 heteroatoms. The number of anilines is 1. The molecule has 3 rings (SSSR count). The summed E-state index contributed by atoms with van der Waals surface area (Å²) in [7, 11) is 3.29. The smallest absolute Gasteiger partial charge is 0.271 e. The first kappa shape index (κ1) is 21.2. The molecule has 0 bridgehead atoms. The Morgan fingerprint density at radius 1 is 1.30 bits per heavy atom. The number of nitriles is 1. The third kappa shape index (κ3) is 4.57. The van der Waals surface area contributed by atoms with Crippen LogP contribution in [0.5, 0.6) is 0 Å². The van der Waals surface area contributed by atoms with Crippen LogP contribution in [0.2, 0.25) is 0 Å². The maximum absolute atomic E-state index is 14.4. The first-order valence-electron chi connectivity index (χ1n) is 9.75. The van der Waals surface area contributed by atoms with Crippen LogP contribution in [-0.4, -0.2) is 54.9 Å². The van der Waals surface area contributed by atoms with Crippen molar-refractivity contribution >= 4 is 17.5 Å². The number of halogens is 1. The molecule has 1 aliphatic rings. The number of aryl methyl sites for hydroxylation is 1. The Balaban J connectivity index is 1.70. The lowest BCUT2D eigenvalue weighted by Gasteiger charge is -2.35. The Bertz CT molecular complexity index is 1020. The van der Waals surface area contributed by atoms with Crippen LogP contribution in [0.25, 0.3) is 0 Å². The summed E-state index contributed by atoms with van der Waals surface area (Å²) in [6.45, 7) is 2.84. The number of benzene rings is 1. The molecule has 7 nitrogen and oxygen atoms in total. The fourth-order valence-electron chi connectivity index (χ4n) is 3.56. The van der Waals surface area contributed by atoms with Gasteiger partial charge in [-0.05, 0) is 50.1 Å². The SMILES string of the molecule is Cc1nc(C(=O)N(C)C)ccc1C(=O)NC1CCCN(c2ccc(C#N)cc2F)C1. The monoisotopic (exact) mass is 409 g/mol. The summed E-state index contributed by atoms with van der Waals surface area (Å²) < 4.78 is 14.4. The number of nitrogens with one attached hydrogen (secondary N) is 1. The van der Waals surface area contributed by atoms with Crippen LogP contribution in [0, 0.1) is 24.1 Å². The van der Waals surface area contributed by atoms with Crippen molar-refractivity contribution in [3.05, 3.63) is 58.7 Å². The molecule has 1 saturated heterocycles. The second-order valence-corrected chi connectivity index (χ2v) is 7.57. The molecule has 156 valence electrons. The van der Waals surface area contributed by atoms with Gasteiger partial charge in [-0.2, -0.15) is 5.26 Å². The average molecular weight is 409 g/mol. The molecular formula is C22H24FN5O2. The number of amides is 2. The molecule has 0 saturated carbocycles. The lowest BCUT2D eigenvalue weighted by Crippen LogP contribution is -2.48. The predicted molar refractivity (Wildman–Crippen MR) is 111 cm³/mol. The standard InChI is InChI=1S/C22H24FN5O2/c1-14-17(7-8-19(25-14)22(30)27(2)3)21(29)26-16-5-4-10-28(13-16)20-9-6-15(12-24)11-18(20)23/h6-9,11,16H,4-5,10,13H2,1-3H3,(H,26,29). The third-order valence-electron chi connectivity index (χ3n) is 5.13. The second kappa shape index (κ2) is 8.91. The number of hydrogen-bond donors (Lipinski definition) is 1. The van der Waals surface area contributed by atoms with E-state index in [4.69, 9.17) is 5.26 Å². The van der Waals surface area contributed by atoms with Crippen LogP contribution in [0.3, 0.4) is 0 Å². The predicted octanol–water partition coefficient (Wildman–Crippen LogP) is 2.50. The van der Waals surface area contributed by atoms with Crippen molar-refractivity contribution in [1.82, 2.24) is 15.2 Å². The second-order valence-electron chi connectivity index (χ2n) is 7.57. The highest BCUT2D eigenvalue weighted by molar-refractivity contribution is 5.97. The summed E-state index contributed by atoms with van der Waals surface area (Å²) in [5, 5.41) is 11.9. The van der Waals surface area contributed by atoms with Gasteiger partial charge in [-0.25, -0.2) is 9.37 Å². The van der Waals surface area contributed by atoms with Crippen molar-refractivity contribution in [2.45, 2.75) is 25.8 Å². The maximum atomic E-state index is 14.4. The third-order valence-corrected chi connectivity index (χ3v) is 5.13. The first-order chi connectivity index (χ1) is 14.3. The average Bonchev–Trinajstić information content (AvgIpc) is 2.72. The Morgan fingerprint density at radius 2 is 2.07 bits per heavy atom. The van der Waals surface area contributed by atoms with Gasteiger partial charge in [-0.1, -0.05) is 0 Å². The van der Waals surface area contributed by atoms with Crippen molar-refractivity contribution in [3.8, 4) is 6.07 Å². The molecule has 2 aromatic rings. The van der Waals surface area contributed by atoms with Gasteiger partial charge in [0.2, 0.25) is 0 Å². The van der Waals surface area contributed by atoms with Crippen LogP contribution < -0.4 is 10.2 Å². The van der Waals surface area contributed by atoms with Gasteiger partial charge in [0, 0.05) is 33.2 Å². The summed E-state index contributed by atoms with van der Waals surface area (Å²) in [5.41, 5.74) is 1.88. The molecule has 1 N–H and O–H groups in total. The molecule has 0 radical (unpaired) electrons. The van der Waals surface area contributed by atoms with Crippen LogP contribution >= 0.6 is 0 Å². The molecule has 1 aromatic heterocycles. The molecule has 1 atom stereocenters. The number of piperidine rings is 1. The van der Waals surface area contributed by atoms with E-state index >= 15 is 0 Å². The van der Waals surface area contributed by atoms with E-state index in [0.29, 0.717) is 30.0 Å². The minimum atomic E-state index is -0.442. The van der Waals surface area contributed by atoms with Crippen molar-refractivity contribution in [1.29, 1.82) is 5.26 Å². The van der Waals surface area contributed by atoms with E-state index in [-0.39, 0.29) is 29.1 Å². The molecular weight excluding hydrogens is 385 g/mol. The maximum Gasteiger partial charge on any atom is 0.271 e. The minimum Gasteiger partial charge on any atom is -0.367 e. The van der Waals surface area contributed by atoms with E-state index < -0.39 is 5.82 Å². The zero-order valence-electron chi connectivity index (χ0n) is 17.3. The molecule has 0 spiro atoms. The van der Waals surface area contributed by atoms with Gasteiger partial charge < -0.3 is 15.1 Å². The van der Waals surface area contributed by atoms with Gasteiger partial charge in [0.05, 0.1) is 28.6 Å². The quantitative estimate of drug-likeness (QED) is 0.838. The van der Waals surface area contributed by atoms with Gasteiger partial charge in [0.1, 0.15) is 11.5 Å².